The largest absolute Gasteiger partial charge is 0.311 e. The fourth-order valence-corrected chi connectivity index (χ4v) is 2.48. The van der Waals surface area contributed by atoms with E-state index in [9.17, 15) is 8.42 Å². The summed E-state index contributed by atoms with van der Waals surface area (Å²) in [4.78, 5) is 0. The molecule has 0 spiro atoms. The first-order chi connectivity index (χ1) is 6.89. The van der Waals surface area contributed by atoms with Crippen LogP contribution in [0.2, 0.25) is 0 Å². The quantitative estimate of drug-likeness (QED) is 0.654. The van der Waals surface area contributed by atoms with Gasteiger partial charge in [0, 0.05) is 11.8 Å². The Balaban J connectivity index is 3.92. The van der Waals surface area contributed by atoms with Gasteiger partial charge in [0.05, 0.1) is 5.75 Å². The minimum Gasteiger partial charge on any atom is -0.311 e. The molecule has 92 valence electrons. The lowest BCUT2D eigenvalue weighted by molar-refractivity contribution is 0.291. The van der Waals surface area contributed by atoms with Crippen molar-refractivity contribution in [2.45, 2.75) is 52.0 Å². The third-order valence-electron chi connectivity index (χ3n) is 3.22. The van der Waals surface area contributed by atoms with Gasteiger partial charge in [-0.2, -0.15) is 0 Å². The second kappa shape index (κ2) is 6.48. The minimum atomic E-state index is -2.80. The highest BCUT2D eigenvalue weighted by Crippen LogP contribution is 2.18. The number of rotatable bonds is 8. The second-order valence-electron chi connectivity index (χ2n) is 4.25. The fourth-order valence-electron chi connectivity index (χ4n) is 1.81. The summed E-state index contributed by atoms with van der Waals surface area (Å²) < 4.78 is 21.9. The first kappa shape index (κ1) is 14.9. The molecule has 0 radical (unpaired) electrons. The van der Waals surface area contributed by atoms with Gasteiger partial charge in [-0.1, -0.05) is 20.8 Å². The highest BCUT2D eigenvalue weighted by atomic mass is 32.2. The Kier molecular flexibility index (Phi) is 6.44. The smallest absolute Gasteiger partial charge is 0.147 e. The number of nitrogens with one attached hydrogen (secondary N) is 1. The van der Waals surface area contributed by atoms with Gasteiger partial charge in [-0.25, -0.2) is 8.42 Å². The fraction of sp³-hybridized carbons (Fsp3) is 1.00. The van der Waals surface area contributed by atoms with E-state index < -0.39 is 9.84 Å². The Labute approximate surface area is 94.6 Å². The van der Waals surface area contributed by atoms with Gasteiger partial charge in [0.1, 0.15) is 9.84 Å². The van der Waals surface area contributed by atoms with Crippen molar-refractivity contribution in [1.82, 2.24) is 5.32 Å². The molecule has 0 bridgehead atoms. The molecule has 1 N–H and O–H groups in total. The van der Waals surface area contributed by atoms with Gasteiger partial charge < -0.3 is 5.32 Å². The van der Waals surface area contributed by atoms with Crippen LogP contribution >= 0.6 is 0 Å². The van der Waals surface area contributed by atoms with Crippen LogP contribution in [0.15, 0.2) is 0 Å². The summed E-state index contributed by atoms with van der Waals surface area (Å²) >= 11 is 0. The first-order valence-electron chi connectivity index (χ1n) is 5.82. The average molecular weight is 235 g/mol. The van der Waals surface area contributed by atoms with Gasteiger partial charge in [-0.15, -0.1) is 0 Å². The molecule has 0 heterocycles. The molecule has 0 unspecified atom stereocenters. The van der Waals surface area contributed by atoms with Crippen molar-refractivity contribution >= 4 is 9.84 Å². The molecule has 0 fully saturated rings. The van der Waals surface area contributed by atoms with Crippen molar-refractivity contribution < 1.29 is 8.42 Å². The van der Waals surface area contributed by atoms with Crippen molar-refractivity contribution in [3.05, 3.63) is 0 Å². The van der Waals surface area contributed by atoms with Crippen LogP contribution in [0.5, 0.6) is 0 Å². The third kappa shape index (κ3) is 6.15. The maximum atomic E-state index is 10.9. The maximum absolute atomic E-state index is 10.9. The summed E-state index contributed by atoms with van der Waals surface area (Å²) in [6.45, 7) is 7.33. The lowest BCUT2D eigenvalue weighted by Gasteiger charge is -2.32. The summed E-state index contributed by atoms with van der Waals surface area (Å²) in [5, 5.41) is 3.49. The van der Waals surface area contributed by atoms with Crippen LogP contribution < -0.4 is 5.32 Å². The van der Waals surface area contributed by atoms with Crippen LogP contribution in [-0.4, -0.2) is 32.5 Å². The Morgan fingerprint density at radius 1 is 1.07 bits per heavy atom. The van der Waals surface area contributed by atoms with E-state index in [1.54, 1.807) is 0 Å². The van der Waals surface area contributed by atoms with Gasteiger partial charge >= 0.3 is 0 Å². The van der Waals surface area contributed by atoms with Crippen LogP contribution in [0.1, 0.15) is 46.5 Å². The zero-order valence-electron chi connectivity index (χ0n) is 10.5. The minimum absolute atomic E-state index is 0.206. The van der Waals surface area contributed by atoms with Crippen molar-refractivity contribution in [1.29, 1.82) is 0 Å². The number of hydrogen-bond donors (Lipinski definition) is 1. The predicted octanol–water partition coefficient (Wildman–Crippen LogP) is 1.98. The molecule has 15 heavy (non-hydrogen) atoms. The monoisotopic (exact) mass is 235 g/mol. The van der Waals surface area contributed by atoms with Gasteiger partial charge in [-0.3, -0.25) is 0 Å². The lowest BCUT2D eigenvalue weighted by Crippen LogP contribution is -2.44. The normalized spacial score (nSPS) is 13.1. The van der Waals surface area contributed by atoms with Crippen molar-refractivity contribution in [3.8, 4) is 0 Å². The van der Waals surface area contributed by atoms with Crippen LogP contribution in [-0.2, 0) is 9.84 Å². The summed E-state index contributed by atoms with van der Waals surface area (Å²) in [7, 11) is -2.80. The highest BCUT2D eigenvalue weighted by Gasteiger charge is 2.22. The highest BCUT2D eigenvalue weighted by molar-refractivity contribution is 7.90. The van der Waals surface area contributed by atoms with E-state index in [2.05, 4.69) is 26.1 Å². The summed E-state index contributed by atoms with van der Waals surface area (Å²) in [5.41, 5.74) is 0.206. The Hall–Kier alpha value is -0.0900. The molecule has 0 saturated heterocycles. The molecule has 0 aromatic heterocycles. The van der Waals surface area contributed by atoms with Gasteiger partial charge in [0.2, 0.25) is 0 Å². The van der Waals surface area contributed by atoms with E-state index in [0.717, 1.165) is 25.8 Å². The summed E-state index contributed by atoms with van der Waals surface area (Å²) in [6, 6.07) is 0. The molecule has 4 heteroatoms. The second-order valence-corrected chi connectivity index (χ2v) is 6.51. The van der Waals surface area contributed by atoms with E-state index >= 15 is 0 Å². The van der Waals surface area contributed by atoms with E-state index in [4.69, 9.17) is 0 Å². The van der Waals surface area contributed by atoms with E-state index in [-0.39, 0.29) is 11.3 Å². The molecule has 0 amide bonds. The van der Waals surface area contributed by atoms with E-state index in [1.807, 2.05) is 0 Å². The third-order valence-corrected chi connectivity index (χ3v) is 4.25. The van der Waals surface area contributed by atoms with Crippen molar-refractivity contribution in [2.24, 2.45) is 0 Å². The summed E-state index contributed by atoms with van der Waals surface area (Å²) in [6.07, 6.45) is 5.29. The maximum Gasteiger partial charge on any atom is 0.147 e. The molecule has 0 saturated carbocycles. The predicted molar refractivity (Wildman–Crippen MR) is 65.9 cm³/mol. The Morgan fingerprint density at radius 3 is 1.87 bits per heavy atom. The zero-order chi connectivity index (χ0) is 11.9. The van der Waals surface area contributed by atoms with Crippen LogP contribution in [0, 0.1) is 0 Å². The van der Waals surface area contributed by atoms with Gasteiger partial charge in [0.15, 0.2) is 0 Å². The zero-order valence-corrected chi connectivity index (χ0v) is 11.3. The van der Waals surface area contributed by atoms with Gasteiger partial charge in [0.25, 0.3) is 0 Å². The van der Waals surface area contributed by atoms with Crippen LogP contribution in [0.3, 0.4) is 0 Å². The molecule has 0 aliphatic rings. The van der Waals surface area contributed by atoms with E-state index in [0.29, 0.717) is 6.42 Å². The molecular formula is C11H25NO2S. The molecule has 3 nitrogen and oxygen atoms in total. The average Bonchev–Trinajstić information content (AvgIpc) is 2.18. The molecule has 0 atom stereocenters. The Bertz CT molecular complexity index is 247. The number of hydrogen-bond acceptors (Lipinski definition) is 3. The SMILES string of the molecule is CCC(CC)(CC)NCCCS(C)(=O)=O. The topological polar surface area (TPSA) is 46.2 Å². The first-order valence-corrected chi connectivity index (χ1v) is 7.88. The molecule has 0 aromatic rings. The van der Waals surface area contributed by atoms with Gasteiger partial charge in [-0.05, 0) is 32.2 Å². The standard InChI is InChI=1S/C11H25NO2S/c1-5-11(6-2,7-3)12-9-8-10-15(4,13)14/h12H,5-10H2,1-4H3. The molecule has 0 rings (SSSR count). The van der Waals surface area contributed by atoms with E-state index in [1.165, 1.54) is 6.26 Å². The Morgan fingerprint density at radius 2 is 1.53 bits per heavy atom. The molecule has 0 aliphatic heterocycles. The molecular weight excluding hydrogens is 210 g/mol. The number of sulfone groups is 1. The van der Waals surface area contributed by atoms with Crippen molar-refractivity contribution in [2.75, 3.05) is 18.6 Å². The molecule has 0 aromatic carbocycles. The van der Waals surface area contributed by atoms with Crippen LogP contribution in [0.25, 0.3) is 0 Å². The molecule has 0 aliphatic carbocycles. The van der Waals surface area contributed by atoms with Crippen molar-refractivity contribution in [3.63, 3.8) is 0 Å². The van der Waals surface area contributed by atoms with Crippen LogP contribution in [0.4, 0.5) is 0 Å². The summed E-state index contributed by atoms with van der Waals surface area (Å²) in [5.74, 6) is 0.285. The lowest BCUT2D eigenvalue weighted by atomic mass is 9.90.